The van der Waals surface area contributed by atoms with Gasteiger partial charge in [0.15, 0.2) is 0 Å². The van der Waals surface area contributed by atoms with Crippen molar-refractivity contribution in [2.45, 2.75) is 25.3 Å². The van der Waals surface area contributed by atoms with E-state index in [-0.39, 0.29) is 30.9 Å². The van der Waals surface area contributed by atoms with E-state index in [0.717, 1.165) is 43.1 Å². The second-order valence-corrected chi connectivity index (χ2v) is 9.09. The molecule has 3 aromatic rings. The van der Waals surface area contributed by atoms with Gasteiger partial charge in [-0.2, -0.15) is 0 Å². The van der Waals surface area contributed by atoms with Crippen LogP contribution in [0.2, 0.25) is 0 Å². The molecule has 34 heavy (non-hydrogen) atoms. The van der Waals surface area contributed by atoms with Gasteiger partial charge in [-0.1, -0.05) is 18.2 Å². The van der Waals surface area contributed by atoms with Gasteiger partial charge in [0, 0.05) is 60.6 Å². The Morgan fingerprint density at radius 2 is 1.74 bits per heavy atom. The molecular weight excluding hydrogens is 471 g/mol. The summed E-state index contributed by atoms with van der Waals surface area (Å²) in [7, 11) is 0. The van der Waals surface area contributed by atoms with Crippen LogP contribution in [-0.2, 0) is 4.74 Å². The maximum absolute atomic E-state index is 11.9. The Hall–Kier alpha value is -2.54. The Kier molecular flexibility index (Phi) is 7.22. The van der Waals surface area contributed by atoms with E-state index in [2.05, 4.69) is 58.3 Å². The number of hydrogen-bond donors (Lipinski definition) is 0. The predicted molar refractivity (Wildman–Crippen MR) is 141 cm³/mol. The number of carbonyl (C=O) groups excluding carboxylic acids is 1. The van der Waals surface area contributed by atoms with Crippen molar-refractivity contribution in [1.29, 1.82) is 0 Å². The molecule has 180 valence electrons. The van der Waals surface area contributed by atoms with Crippen molar-refractivity contribution in [2.24, 2.45) is 0 Å². The van der Waals surface area contributed by atoms with Crippen LogP contribution in [0.25, 0.3) is 10.9 Å². The van der Waals surface area contributed by atoms with Crippen LogP contribution >= 0.6 is 24.8 Å². The third kappa shape index (κ3) is 4.54. The van der Waals surface area contributed by atoms with Gasteiger partial charge >= 0.3 is 6.09 Å². The second-order valence-electron chi connectivity index (χ2n) is 9.09. The highest BCUT2D eigenvalue weighted by atomic mass is 35.5. The second kappa shape index (κ2) is 9.98. The number of rotatable bonds is 4. The molecular formula is C26H30Cl2N4O2. The molecule has 0 bridgehead atoms. The van der Waals surface area contributed by atoms with Crippen molar-refractivity contribution in [3.05, 3.63) is 65.9 Å². The molecule has 3 fully saturated rings. The zero-order valence-electron chi connectivity index (χ0n) is 19.2. The molecule has 0 spiro atoms. The minimum absolute atomic E-state index is 0. The van der Waals surface area contributed by atoms with Crippen LogP contribution in [0, 0.1) is 6.92 Å². The highest BCUT2D eigenvalue weighted by molar-refractivity contribution is 5.92. The molecule has 6 nitrogen and oxygen atoms in total. The van der Waals surface area contributed by atoms with E-state index in [1.807, 2.05) is 13.0 Å². The largest absolute Gasteiger partial charge is 0.447 e. The van der Waals surface area contributed by atoms with Gasteiger partial charge in [0.2, 0.25) is 0 Å². The van der Waals surface area contributed by atoms with Crippen LogP contribution in [0.5, 0.6) is 0 Å². The molecule has 2 aliphatic heterocycles. The molecule has 2 aromatic carbocycles. The lowest BCUT2D eigenvalue weighted by Crippen LogP contribution is -2.47. The monoisotopic (exact) mass is 500 g/mol. The lowest BCUT2D eigenvalue weighted by molar-refractivity contribution is 0.181. The van der Waals surface area contributed by atoms with Gasteiger partial charge in [-0.05, 0) is 55.3 Å². The molecule has 3 heterocycles. The summed E-state index contributed by atoms with van der Waals surface area (Å²) in [6, 6.07) is 19.8. The molecule has 1 aliphatic carbocycles. The number of benzene rings is 2. The summed E-state index contributed by atoms with van der Waals surface area (Å²) in [4.78, 5) is 23.5. The molecule has 0 radical (unpaired) electrons. The number of cyclic esters (lactones) is 1. The summed E-state index contributed by atoms with van der Waals surface area (Å²) in [5.74, 6) is 0.560. The summed E-state index contributed by atoms with van der Waals surface area (Å²) in [5, 5.41) is 1.24. The molecule has 2 saturated heterocycles. The molecule has 8 heteroatoms. The fraction of sp³-hybridized carbons (Fsp3) is 0.385. The van der Waals surface area contributed by atoms with Gasteiger partial charge in [0.05, 0.1) is 12.1 Å². The number of fused-ring (bicyclic) bond motifs is 1. The fourth-order valence-electron chi connectivity index (χ4n) is 5.31. The number of nitrogens with zero attached hydrogens (tertiary/aromatic N) is 4. The minimum atomic E-state index is -0.232. The first-order chi connectivity index (χ1) is 15.7. The van der Waals surface area contributed by atoms with E-state index in [1.54, 1.807) is 4.90 Å². The molecule has 1 saturated carbocycles. The summed E-state index contributed by atoms with van der Waals surface area (Å²) >= 11 is 0. The van der Waals surface area contributed by atoms with Gasteiger partial charge in [0.1, 0.15) is 6.61 Å². The fourth-order valence-corrected chi connectivity index (χ4v) is 5.31. The number of halogens is 2. The van der Waals surface area contributed by atoms with Gasteiger partial charge in [0.25, 0.3) is 0 Å². The molecule has 1 amide bonds. The lowest BCUT2D eigenvalue weighted by Gasteiger charge is -2.37. The topological polar surface area (TPSA) is 48.9 Å². The summed E-state index contributed by atoms with van der Waals surface area (Å²) in [5.41, 5.74) is 5.73. The Labute approximate surface area is 212 Å². The summed E-state index contributed by atoms with van der Waals surface area (Å²) in [6.07, 6.45) is 0.968. The first-order valence-electron chi connectivity index (χ1n) is 11.6. The summed E-state index contributed by atoms with van der Waals surface area (Å²) < 4.78 is 5.10. The molecule has 0 N–H and O–H groups in total. The van der Waals surface area contributed by atoms with Gasteiger partial charge in [-0.3, -0.25) is 14.8 Å². The minimum Gasteiger partial charge on any atom is -0.447 e. The number of hydrogen-bond acceptors (Lipinski definition) is 5. The Balaban J connectivity index is 0.00000137. The number of ether oxygens (including phenoxy) is 1. The normalized spacial score (nSPS) is 22.2. The molecule has 6 rings (SSSR count). The van der Waals surface area contributed by atoms with Crippen molar-refractivity contribution >= 4 is 53.2 Å². The number of amides is 1. The van der Waals surface area contributed by atoms with Crippen LogP contribution in [0.15, 0.2) is 54.6 Å². The third-order valence-corrected chi connectivity index (χ3v) is 7.10. The van der Waals surface area contributed by atoms with E-state index in [1.165, 1.54) is 23.1 Å². The summed E-state index contributed by atoms with van der Waals surface area (Å²) in [6.45, 7) is 7.40. The van der Waals surface area contributed by atoms with Crippen molar-refractivity contribution in [1.82, 2.24) is 9.88 Å². The van der Waals surface area contributed by atoms with Crippen LogP contribution in [0.1, 0.15) is 23.6 Å². The number of anilines is 2. The van der Waals surface area contributed by atoms with E-state index in [0.29, 0.717) is 25.1 Å². The number of aromatic nitrogens is 1. The first-order valence-corrected chi connectivity index (χ1v) is 11.6. The highest BCUT2D eigenvalue weighted by Gasteiger charge is 2.43. The van der Waals surface area contributed by atoms with Crippen LogP contribution in [0.3, 0.4) is 0 Å². The Morgan fingerprint density at radius 1 is 0.941 bits per heavy atom. The average molecular weight is 501 g/mol. The third-order valence-electron chi connectivity index (χ3n) is 7.10. The first kappa shape index (κ1) is 24.6. The van der Waals surface area contributed by atoms with Crippen LogP contribution < -0.4 is 9.80 Å². The Morgan fingerprint density at radius 3 is 2.50 bits per heavy atom. The van der Waals surface area contributed by atoms with Gasteiger partial charge in [-0.25, -0.2) is 4.79 Å². The molecule has 3 aliphatic rings. The van der Waals surface area contributed by atoms with Crippen molar-refractivity contribution in [3.8, 4) is 0 Å². The zero-order valence-corrected chi connectivity index (χ0v) is 20.9. The van der Waals surface area contributed by atoms with Crippen LogP contribution in [0.4, 0.5) is 16.2 Å². The van der Waals surface area contributed by atoms with Gasteiger partial charge in [-0.15, -0.1) is 24.8 Å². The van der Waals surface area contributed by atoms with Crippen molar-refractivity contribution in [3.63, 3.8) is 0 Å². The number of pyridine rings is 1. The average Bonchev–Trinajstić information content (AvgIpc) is 3.51. The standard InChI is InChI=1S/C26H28N4O2.2ClH/c1-18-8-9-21-23(27-18)6-3-7-24(21)28-10-12-29(13-11-28)25-17-22(25)19-4-2-5-20(16-19)30-14-15-32-26(30)31;;/h2-9,16,22,25H,10-15,17H2,1H3;2*1H/t22-,25+;;/m1../s1. The smallest absolute Gasteiger partial charge is 0.414 e. The molecule has 1 aromatic heterocycles. The number of piperazine rings is 1. The predicted octanol–water partition coefficient (Wildman–Crippen LogP) is 5.02. The number of aryl methyl sites for hydroxylation is 1. The van der Waals surface area contributed by atoms with E-state index >= 15 is 0 Å². The van der Waals surface area contributed by atoms with Gasteiger partial charge < -0.3 is 9.64 Å². The SMILES string of the molecule is Cc1ccc2c(N3CCN([C@H]4C[C@@H]4c4cccc(N5CCOC5=O)c4)CC3)cccc2n1.Cl.Cl. The van der Waals surface area contributed by atoms with E-state index < -0.39 is 0 Å². The van der Waals surface area contributed by atoms with Crippen LogP contribution in [-0.4, -0.2) is 61.3 Å². The number of carbonyl (C=O) groups is 1. The molecule has 2 atom stereocenters. The maximum atomic E-state index is 11.9. The maximum Gasteiger partial charge on any atom is 0.414 e. The van der Waals surface area contributed by atoms with Crippen molar-refractivity contribution in [2.75, 3.05) is 49.1 Å². The quantitative estimate of drug-likeness (QED) is 0.503. The van der Waals surface area contributed by atoms with E-state index in [4.69, 9.17) is 9.72 Å². The Bertz CT molecular complexity index is 1180. The zero-order chi connectivity index (χ0) is 21.7. The van der Waals surface area contributed by atoms with Crippen molar-refractivity contribution < 1.29 is 9.53 Å². The van der Waals surface area contributed by atoms with E-state index in [9.17, 15) is 4.79 Å². The molecule has 0 unspecified atom stereocenters. The highest BCUT2D eigenvalue weighted by Crippen LogP contribution is 2.46. The lowest BCUT2D eigenvalue weighted by atomic mass is 10.1.